The first-order valence-corrected chi connectivity index (χ1v) is 7.86. The van der Waals surface area contributed by atoms with E-state index in [9.17, 15) is 4.79 Å². The van der Waals surface area contributed by atoms with Crippen LogP contribution in [0.3, 0.4) is 0 Å². The zero-order valence-electron chi connectivity index (χ0n) is 13.2. The predicted molar refractivity (Wildman–Crippen MR) is 86.3 cm³/mol. The van der Waals surface area contributed by atoms with Gasteiger partial charge in [-0.3, -0.25) is 0 Å². The van der Waals surface area contributed by atoms with E-state index in [0.29, 0.717) is 12.3 Å². The van der Waals surface area contributed by atoms with Crippen molar-refractivity contribution in [3.63, 3.8) is 0 Å². The highest BCUT2D eigenvalue weighted by molar-refractivity contribution is 7.99. The number of aromatic nitrogens is 1. The number of aromatic amines is 1. The van der Waals surface area contributed by atoms with Crippen molar-refractivity contribution in [1.29, 1.82) is 0 Å². The number of hydrogen-bond donors (Lipinski definition) is 1. The van der Waals surface area contributed by atoms with E-state index in [1.807, 2.05) is 20.8 Å². The Morgan fingerprint density at radius 2 is 1.76 bits per heavy atom. The Balaban J connectivity index is 2.34. The van der Waals surface area contributed by atoms with Gasteiger partial charge in [-0.05, 0) is 63.4 Å². The Kier molecular flexibility index (Phi) is 4.78. The van der Waals surface area contributed by atoms with Gasteiger partial charge in [-0.15, -0.1) is 0 Å². The fourth-order valence-corrected chi connectivity index (χ4v) is 3.59. The van der Waals surface area contributed by atoms with Gasteiger partial charge in [-0.25, -0.2) is 4.79 Å². The molecule has 4 heteroatoms. The lowest BCUT2D eigenvalue weighted by Gasteiger charge is -2.06. The van der Waals surface area contributed by atoms with Crippen molar-refractivity contribution < 1.29 is 9.53 Å². The molecule has 0 fully saturated rings. The molecule has 0 atom stereocenters. The molecule has 1 heterocycles. The Bertz CT molecular complexity index is 653. The predicted octanol–water partition coefficient (Wildman–Crippen LogP) is 4.58. The molecule has 0 amide bonds. The summed E-state index contributed by atoms with van der Waals surface area (Å²) < 4.78 is 5.09. The molecule has 0 spiro atoms. The second-order valence-electron chi connectivity index (χ2n) is 5.23. The monoisotopic (exact) mass is 303 g/mol. The number of hydrogen-bond acceptors (Lipinski definition) is 3. The number of carbonyl (C=O) groups excluding carboxylic acids is 1. The molecule has 2 aromatic rings. The number of aryl methyl sites for hydroxylation is 3. The quantitative estimate of drug-likeness (QED) is 0.841. The van der Waals surface area contributed by atoms with Gasteiger partial charge in [0.15, 0.2) is 0 Å². The topological polar surface area (TPSA) is 42.1 Å². The average Bonchev–Trinajstić information content (AvgIpc) is 2.66. The third kappa shape index (κ3) is 3.50. The maximum atomic E-state index is 11.9. The van der Waals surface area contributed by atoms with E-state index in [0.717, 1.165) is 16.2 Å². The van der Waals surface area contributed by atoms with E-state index in [-0.39, 0.29) is 5.97 Å². The summed E-state index contributed by atoms with van der Waals surface area (Å²) in [5.74, 6) is -0.287. The Morgan fingerprint density at radius 3 is 2.33 bits per heavy atom. The van der Waals surface area contributed by atoms with Crippen LogP contribution in [0.4, 0.5) is 0 Å². The van der Waals surface area contributed by atoms with Gasteiger partial charge in [0.2, 0.25) is 0 Å². The third-order valence-corrected chi connectivity index (χ3v) is 4.55. The lowest BCUT2D eigenvalue weighted by atomic mass is 10.2. The molecule has 0 aliphatic rings. The molecule has 0 saturated heterocycles. The minimum absolute atomic E-state index is 0.287. The molecule has 112 valence electrons. The van der Waals surface area contributed by atoms with E-state index in [1.54, 1.807) is 11.8 Å². The van der Waals surface area contributed by atoms with Crippen LogP contribution >= 0.6 is 11.8 Å². The maximum Gasteiger partial charge on any atom is 0.355 e. The molecule has 0 unspecified atom stereocenters. The molecule has 3 nitrogen and oxygen atoms in total. The molecule has 0 saturated carbocycles. The second-order valence-corrected chi connectivity index (χ2v) is 6.31. The highest BCUT2D eigenvalue weighted by Crippen LogP contribution is 2.35. The van der Waals surface area contributed by atoms with Crippen molar-refractivity contribution >= 4 is 17.7 Å². The smallest absolute Gasteiger partial charge is 0.355 e. The molecule has 1 aromatic carbocycles. The molecule has 2 rings (SSSR count). The van der Waals surface area contributed by atoms with Gasteiger partial charge in [0.1, 0.15) is 5.69 Å². The fourth-order valence-electron chi connectivity index (χ4n) is 2.40. The minimum atomic E-state index is -0.287. The molecular weight excluding hydrogens is 282 g/mol. The van der Waals surface area contributed by atoms with E-state index in [1.165, 1.54) is 16.0 Å². The summed E-state index contributed by atoms with van der Waals surface area (Å²) in [7, 11) is 0. The van der Waals surface area contributed by atoms with Crippen LogP contribution in [0.15, 0.2) is 28.0 Å². The largest absolute Gasteiger partial charge is 0.461 e. The van der Waals surface area contributed by atoms with E-state index >= 15 is 0 Å². The molecule has 21 heavy (non-hydrogen) atoms. The normalized spacial score (nSPS) is 10.7. The number of benzene rings is 1. The lowest BCUT2D eigenvalue weighted by molar-refractivity contribution is 0.0519. The van der Waals surface area contributed by atoms with Gasteiger partial charge in [0, 0.05) is 15.5 Å². The van der Waals surface area contributed by atoms with Crippen LogP contribution in [0.5, 0.6) is 0 Å². The summed E-state index contributed by atoms with van der Waals surface area (Å²) in [6, 6.07) is 6.48. The summed E-state index contributed by atoms with van der Waals surface area (Å²) in [6.07, 6.45) is 0. The number of esters is 1. The standard InChI is InChI=1S/C17H21NO2S/c1-6-20-17(19)15-12(4)16(13(5)18-15)21-14-8-10(2)7-11(3)9-14/h7-9,18H,6H2,1-5H3. The summed E-state index contributed by atoms with van der Waals surface area (Å²) in [5.41, 5.74) is 5.00. The van der Waals surface area contributed by atoms with Gasteiger partial charge >= 0.3 is 5.97 Å². The van der Waals surface area contributed by atoms with Crippen LogP contribution in [0.25, 0.3) is 0 Å². The summed E-state index contributed by atoms with van der Waals surface area (Å²) in [6.45, 7) is 10.3. The molecule has 1 aromatic heterocycles. The highest BCUT2D eigenvalue weighted by atomic mass is 32.2. The van der Waals surface area contributed by atoms with Crippen LogP contribution < -0.4 is 0 Å². The Morgan fingerprint density at radius 1 is 1.14 bits per heavy atom. The average molecular weight is 303 g/mol. The van der Waals surface area contributed by atoms with Crippen molar-refractivity contribution in [2.24, 2.45) is 0 Å². The minimum Gasteiger partial charge on any atom is -0.461 e. The summed E-state index contributed by atoms with van der Waals surface area (Å²) in [4.78, 5) is 17.4. The van der Waals surface area contributed by atoms with Gasteiger partial charge in [-0.1, -0.05) is 17.8 Å². The van der Waals surface area contributed by atoms with Gasteiger partial charge in [0.05, 0.1) is 6.61 Å². The fraction of sp³-hybridized carbons (Fsp3) is 0.353. The van der Waals surface area contributed by atoms with Crippen molar-refractivity contribution in [3.05, 3.63) is 46.3 Å². The molecule has 0 radical (unpaired) electrons. The van der Waals surface area contributed by atoms with Crippen LogP contribution in [0.2, 0.25) is 0 Å². The van der Waals surface area contributed by atoms with Crippen LogP contribution in [-0.4, -0.2) is 17.6 Å². The van der Waals surface area contributed by atoms with E-state index in [4.69, 9.17) is 4.74 Å². The number of ether oxygens (including phenoxy) is 1. The third-order valence-electron chi connectivity index (χ3n) is 3.26. The molecular formula is C17H21NO2S. The highest BCUT2D eigenvalue weighted by Gasteiger charge is 2.19. The molecule has 0 aliphatic carbocycles. The molecule has 0 aliphatic heterocycles. The number of carbonyl (C=O) groups is 1. The van der Waals surface area contributed by atoms with Crippen molar-refractivity contribution in [1.82, 2.24) is 4.98 Å². The molecule has 0 bridgehead atoms. The maximum absolute atomic E-state index is 11.9. The second kappa shape index (κ2) is 6.39. The van der Waals surface area contributed by atoms with Crippen LogP contribution in [-0.2, 0) is 4.74 Å². The van der Waals surface area contributed by atoms with Crippen LogP contribution in [0, 0.1) is 27.7 Å². The summed E-state index contributed by atoms with van der Waals surface area (Å²) in [5, 5.41) is 0. The van der Waals surface area contributed by atoms with E-state index < -0.39 is 0 Å². The molecule has 1 N–H and O–H groups in total. The number of H-pyrrole nitrogens is 1. The Hall–Kier alpha value is -1.68. The van der Waals surface area contributed by atoms with E-state index in [2.05, 4.69) is 37.0 Å². The van der Waals surface area contributed by atoms with Crippen molar-refractivity contribution in [3.8, 4) is 0 Å². The van der Waals surface area contributed by atoms with Crippen molar-refractivity contribution in [2.45, 2.75) is 44.4 Å². The van der Waals surface area contributed by atoms with Gasteiger partial charge in [0.25, 0.3) is 0 Å². The first kappa shape index (κ1) is 15.7. The van der Waals surface area contributed by atoms with Crippen LogP contribution in [0.1, 0.15) is 39.8 Å². The summed E-state index contributed by atoms with van der Waals surface area (Å²) >= 11 is 1.69. The first-order valence-electron chi connectivity index (χ1n) is 7.04. The number of nitrogens with one attached hydrogen (secondary N) is 1. The van der Waals surface area contributed by atoms with Gasteiger partial charge < -0.3 is 9.72 Å². The zero-order valence-corrected chi connectivity index (χ0v) is 14.0. The number of rotatable bonds is 4. The lowest BCUT2D eigenvalue weighted by Crippen LogP contribution is -2.06. The SMILES string of the molecule is CCOC(=O)c1[nH]c(C)c(Sc2cc(C)cc(C)c2)c1C. The van der Waals surface area contributed by atoms with Crippen molar-refractivity contribution in [2.75, 3.05) is 6.61 Å². The Labute approximate surface area is 130 Å². The van der Waals surface area contributed by atoms with Gasteiger partial charge in [-0.2, -0.15) is 0 Å². The first-order chi connectivity index (χ1) is 9.92. The zero-order chi connectivity index (χ0) is 15.6.